The zero-order chi connectivity index (χ0) is 22.7. The molecule has 4 rings (SSSR count). The Bertz CT molecular complexity index is 1290. The largest absolute Gasteiger partial charge is 0.573 e. The smallest absolute Gasteiger partial charge is 0.406 e. The van der Waals surface area contributed by atoms with Gasteiger partial charge in [-0.25, -0.2) is 4.98 Å². The Morgan fingerprint density at radius 3 is 2.56 bits per heavy atom. The first-order chi connectivity index (χ1) is 15.2. The highest BCUT2D eigenvalue weighted by atomic mass is 35.5. The van der Waals surface area contributed by atoms with E-state index in [0.717, 1.165) is 5.56 Å². The fraction of sp³-hybridized carbons (Fsp3) is 0.143. The molecule has 0 aliphatic heterocycles. The van der Waals surface area contributed by atoms with E-state index in [4.69, 9.17) is 16.1 Å². The monoisotopic (exact) mass is 462 g/mol. The highest BCUT2D eigenvalue weighted by Crippen LogP contribution is 2.23. The van der Waals surface area contributed by atoms with Crippen LogP contribution in [0.1, 0.15) is 17.0 Å². The van der Waals surface area contributed by atoms with Crippen LogP contribution < -0.4 is 10.3 Å². The van der Waals surface area contributed by atoms with Gasteiger partial charge in [0.15, 0.2) is 0 Å². The Hall–Kier alpha value is -3.66. The maximum Gasteiger partial charge on any atom is 0.573 e. The molecule has 0 atom stereocenters. The molecule has 32 heavy (non-hydrogen) atoms. The number of hydrogen-bond acceptors (Lipinski definition) is 6. The third-order valence-corrected chi connectivity index (χ3v) is 4.57. The third-order valence-electron chi connectivity index (χ3n) is 4.37. The van der Waals surface area contributed by atoms with Gasteiger partial charge >= 0.3 is 6.36 Å². The van der Waals surface area contributed by atoms with E-state index >= 15 is 0 Å². The number of halogens is 4. The second-order valence-electron chi connectivity index (χ2n) is 6.75. The average Bonchev–Trinajstić information content (AvgIpc) is 3.19. The standard InChI is InChI=1S/C21H14ClF3N4O3/c22-17-9-14(7-8-26-17)11-29-12-15(3-6-19(29)30)20-27-18(32-28-20)10-13-1-4-16(5-2-13)31-21(23,24)25/h1-9,12H,10-11H2. The van der Waals surface area contributed by atoms with Gasteiger partial charge in [0, 0.05) is 24.0 Å². The molecule has 0 spiro atoms. The minimum absolute atomic E-state index is 0.216. The van der Waals surface area contributed by atoms with Gasteiger partial charge in [-0.2, -0.15) is 4.98 Å². The maximum absolute atomic E-state index is 12.3. The second-order valence-corrected chi connectivity index (χ2v) is 7.14. The van der Waals surface area contributed by atoms with Crippen molar-refractivity contribution in [2.75, 3.05) is 0 Å². The molecule has 0 unspecified atom stereocenters. The van der Waals surface area contributed by atoms with Crippen molar-refractivity contribution in [3.05, 3.63) is 93.4 Å². The summed E-state index contributed by atoms with van der Waals surface area (Å²) < 4.78 is 47.4. The Labute approximate surface area is 184 Å². The third kappa shape index (κ3) is 5.52. The summed E-state index contributed by atoms with van der Waals surface area (Å²) in [7, 11) is 0. The number of alkyl halides is 3. The van der Waals surface area contributed by atoms with Crippen molar-refractivity contribution in [1.82, 2.24) is 19.7 Å². The molecule has 3 heterocycles. The van der Waals surface area contributed by atoms with Gasteiger partial charge in [-0.1, -0.05) is 28.9 Å². The van der Waals surface area contributed by atoms with Crippen molar-refractivity contribution < 1.29 is 22.4 Å². The average molecular weight is 463 g/mol. The SMILES string of the molecule is O=c1ccc(-c2noc(Cc3ccc(OC(F)(F)F)cc3)n2)cn1Cc1ccnc(Cl)c1. The van der Waals surface area contributed by atoms with Crippen LogP contribution in [0.25, 0.3) is 11.4 Å². The molecule has 0 fully saturated rings. The fourth-order valence-electron chi connectivity index (χ4n) is 2.95. The van der Waals surface area contributed by atoms with Crippen LogP contribution in [-0.4, -0.2) is 26.1 Å². The molecular formula is C21H14ClF3N4O3. The van der Waals surface area contributed by atoms with Crippen molar-refractivity contribution in [3.8, 4) is 17.1 Å². The van der Waals surface area contributed by atoms with Gasteiger partial charge in [-0.15, -0.1) is 13.2 Å². The summed E-state index contributed by atoms with van der Waals surface area (Å²) in [5, 5.41) is 4.26. The van der Waals surface area contributed by atoms with Crippen LogP contribution in [0.2, 0.25) is 5.15 Å². The molecule has 0 saturated carbocycles. The molecule has 0 N–H and O–H groups in total. The first-order valence-electron chi connectivity index (χ1n) is 9.24. The van der Waals surface area contributed by atoms with Crippen LogP contribution in [0.3, 0.4) is 0 Å². The molecule has 0 amide bonds. The molecule has 0 bridgehead atoms. The summed E-state index contributed by atoms with van der Waals surface area (Å²) in [6.45, 7) is 0.284. The lowest BCUT2D eigenvalue weighted by atomic mass is 10.1. The van der Waals surface area contributed by atoms with Crippen molar-refractivity contribution in [2.45, 2.75) is 19.3 Å². The maximum atomic E-state index is 12.3. The Morgan fingerprint density at radius 2 is 1.84 bits per heavy atom. The molecule has 0 radical (unpaired) electrons. The second kappa shape index (κ2) is 8.83. The van der Waals surface area contributed by atoms with Crippen LogP contribution in [-0.2, 0) is 13.0 Å². The quantitative estimate of drug-likeness (QED) is 0.393. The molecule has 4 aromatic rings. The lowest BCUT2D eigenvalue weighted by Gasteiger charge is -2.08. The number of rotatable bonds is 6. The number of hydrogen-bond donors (Lipinski definition) is 0. The summed E-state index contributed by atoms with van der Waals surface area (Å²) >= 11 is 5.90. The van der Waals surface area contributed by atoms with E-state index in [-0.39, 0.29) is 36.0 Å². The topological polar surface area (TPSA) is 83.0 Å². The van der Waals surface area contributed by atoms with Crippen molar-refractivity contribution >= 4 is 11.6 Å². The first kappa shape index (κ1) is 21.6. The Morgan fingerprint density at radius 1 is 1.06 bits per heavy atom. The lowest BCUT2D eigenvalue weighted by Crippen LogP contribution is -2.19. The summed E-state index contributed by atoms with van der Waals surface area (Å²) in [6, 6.07) is 11.8. The number of nitrogens with zero attached hydrogens (tertiary/aromatic N) is 4. The van der Waals surface area contributed by atoms with E-state index in [1.807, 2.05) is 0 Å². The summed E-state index contributed by atoms with van der Waals surface area (Å²) in [6.07, 6.45) is -1.37. The lowest BCUT2D eigenvalue weighted by molar-refractivity contribution is -0.274. The van der Waals surface area contributed by atoms with Crippen molar-refractivity contribution in [1.29, 1.82) is 0 Å². The number of benzene rings is 1. The van der Waals surface area contributed by atoms with E-state index in [1.165, 1.54) is 34.9 Å². The predicted molar refractivity (Wildman–Crippen MR) is 108 cm³/mol. The number of pyridine rings is 2. The first-order valence-corrected chi connectivity index (χ1v) is 9.61. The molecule has 164 valence electrons. The minimum atomic E-state index is -4.75. The Kier molecular flexibility index (Phi) is 5.95. The van der Waals surface area contributed by atoms with Crippen LogP contribution >= 0.6 is 11.6 Å². The van der Waals surface area contributed by atoms with Crippen LogP contribution in [0, 0.1) is 0 Å². The molecule has 11 heteroatoms. The highest BCUT2D eigenvalue weighted by Gasteiger charge is 2.30. The summed E-state index contributed by atoms with van der Waals surface area (Å²) in [5.74, 6) is 0.229. The molecule has 7 nitrogen and oxygen atoms in total. The van der Waals surface area contributed by atoms with Gasteiger partial charge < -0.3 is 13.8 Å². The number of aromatic nitrogens is 4. The zero-order valence-electron chi connectivity index (χ0n) is 16.2. The van der Waals surface area contributed by atoms with Crippen LogP contribution in [0.15, 0.2) is 70.2 Å². The minimum Gasteiger partial charge on any atom is -0.406 e. The summed E-state index contributed by atoms with van der Waals surface area (Å²) in [5.41, 5.74) is 1.81. The van der Waals surface area contributed by atoms with Gasteiger partial charge in [0.2, 0.25) is 11.7 Å². The van der Waals surface area contributed by atoms with Crippen molar-refractivity contribution in [3.63, 3.8) is 0 Å². The van der Waals surface area contributed by atoms with Crippen LogP contribution in [0.5, 0.6) is 5.75 Å². The zero-order valence-corrected chi connectivity index (χ0v) is 17.0. The molecule has 3 aromatic heterocycles. The van der Waals surface area contributed by atoms with Gasteiger partial charge in [0.05, 0.1) is 13.0 Å². The van der Waals surface area contributed by atoms with Gasteiger partial charge in [0.25, 0.3) is 5.56 Å². The normalized spacial score (nSPS) is 11.5. The van der Waals surface area contributed by atoms with Gasteiger partial charge in [0.1, 0.15) is 10.9 Å². The molecule has 1 aromatic carbocycles. The summed E-state index contributed by atoms with van der Waals surface area (Å²) in [4.78, 5) is 20.5. The van der Waals surface area contributed by atoms with Gasteiger partial charge in [-0.3, -0.25) is 4.79 Å². The van der Waals surface area contributed by atoms with E-state index in [9.17, 15) is 18.0 Å². The van der Waals surface area contributed by atoms with E-state index < -0.39 is 6.36 Å². The van der Waals surface area contributed by atoms with Crippen molar-refractivity contribution in [2.24, 2.45) is 0 Å². The molecule has 0 aliphatic rings. The van der Waals surface area contributed by atoms with E-state index in [1.54, 1.807) is 30.6 Å². The van der Waals surface area contributed by atoms with E-state index in [0.29, 0.717) is 16.3 Å². The predicted octanol–water partition coefficient (Wildman–Crippen LogP) is 4.48. The number of ether oxygens (including phenoxy) is 1. The van der Waals surface area contributed by atoms with Gasteiger partial charge in [-0.05, 0) is 41.5 Å². The fourth-order valence-corrected chi connectivity index (χ4v) is 3.15. The molecular weight excluding hydrogens is 449 g/mol. The van der Waals surface area contributed by atoms with E-state index in [2.05, 4.69) is 19.9 Å². The molecule has 0 aliphatic carbocycles. The molecule has 0 saturated heterocycles. The highest BCUT2D eigenvalue weighted by molar-refractivity contribution is 6.29. The van der Waals surface area contributed by atoms with Crippen LogP contribution in [0.4, 0.5) is 13.2 Å². The Balaban J connectivity index is 1.49.